The van der Waals surface area contributed by atoms with Gasteiger partial charge in [0.05, 0.1) is 6.10 Å². The van der Waals surface area contributed by atoms with Crippen LogP contribution in [0.15, 0.2) is 23.6 Å². The van der Waals surface area contributed by atoms with Crippen molar-refractivity contribution in [3.05, 3.63) is 23.6 Å². The largest absolute Gasteiger partial charge is 0.388 e. The molecule has 0 aliphatic heterocycles. The third-order valence-electron chi connectivity index (χ3n) is 2.09. The molecule has 0 heterocycles. The van der Waals surface area contributed by atoms with E-state index in [1.165, 1.54) is 0 Å². The van der Waals surface area contributed by atoms with E-state index in [4.69, 9.17) is 0 Å². The number of rotatable bonds is 3. The lowest BCUT2D eigenvalue weighted by Gasteiger charge is -2.17. The quantitative estimate of drug-likeness (QED) is 0.762. The third kappa shape index (κ3) is 2.92. The molecule has 0 fully saturated rings. The molecule has 1 N–H and O–H groups in total. The van der Waals surface area contributed by atoms with Gasteiger partial charge in [0, 0.05) is 16.8 Å². The van der Waals surface area contributed by atoms with Gasteiger partial charge in [-0.15, -0.1) is 0 Å². The molecule has 1 aliphatic rings. The highest BCUT2D eigenvalue weighted by Gasteiger charge is 2.18. The molecule has 0 radical (unpaired) electrons. The highest BCUT2D eigenvalue weighted by Crippen LogP contribution is 2.27. The smallest absolute Gasteiger partial charge is 0.107 e. The fourth-order valence-corrected chi connectivity index (χ4v) is 1.81. The first-order valence-corrected chi connectivity index (χ1v) is 5.45. The Morgan fingerprint density at radius 1 is 1.77 bits per heavy atom. The maximum atomic E-state index is 13.3. The molecule has 13 heavy (non-hydrogen) atoms. The van der Waals surface area contributed by atoms with E-state index in [0.717, 1.165) is 6.42 Å². The SMILES string of the molecule is CCCC(O)C1=C(F)CC(Br)C=C1. The number of allylic oxidation sites excluding steroid dienone is 2. The van der Waals surface area contributed by atoms with Gasteiger partial charge in [-0.25, -0.2) is 4.39 Å². The summed E-state index contributed by atoms with van der Waals surface area (Å²) >= 11 is 3.30. The van der Waals surface area contributed by atoms with Crippen LogP contribution in [-0.2, 0) is 0 Å². The number of aliphatic hydroxyl groups is 1. The molecule has 2 atom stereocenters. The van der Waals surface area contributed by atoms with Crippen molar-refractivity contribution in [2.45, 2.75) is 37.1 Å². The number of halogens is 2. The summed E-state index contributed by atoms with van der Waals surface area (Å²) in [6, 6.07) is 0. The lowest BCUT2D eigenvalue weighted by atomic mass is 9.98. The molecule has 0 aromatic heterocycles. The highest BCUT2D eigenvalue weighted by atomic mass is 79.9. The Bertz CT molecular complexity index is 235. The zero-order valence-electron chi connectivity index (χ0n) is 7.63. The van der Waals surface area contributed by atoms with Gasteiger partial charge in [0.1, 0.15) is 5.83 Å². The van der Waals surface area contributed by atoms with Crippen LogP contribution in [-0.4, -0.2) is 16.0 Å². The van der Waals surface area contributed by atoms with Crippen molar-refractivity contribution in [1.29, 1.82) is 0 Å². The van der Waals surface area contributed by atoms with Crippen LogP contribution < -0.4 is 0 Å². The van der Waals surface area contributed by atoms with Gasteiger partial charge < -0.3 is 5.11 Å². The van der Waals surface area contributed by atoms with Crippen molar-refractivity contribution in [2.24, 2.45) is 0 Å². The van der Waals surface area contributed by atoms with Crippen LogP contribution in [0.5, 0.6) is 0 Å². The molecule has 3 heteroatoms. The van der Waals surface area contributed by atoms with Gasteiger partial charge in [0.15, 0.2) is 0 Å². The van der Waals surface area contributed by atoms with Crippen molar-refractivity contribution in [2.75, 3.05) is 0 Å². The molecule has 1 rings (SSSR count). The van der Waals surface area contributed by atoms with Crippen LogP contribution in [0.3, 0.4) is 0 Å². The van der Waals surface area contributed by atoms with Crippen molar-refractivity contribution < 1.29 is 9.50 Å². The fraction of sp³-hybridized carbons (Fsp3) is 0.600. The van der Waals surface area contributed by atoms with Crippen molar-refractivity contribution in [1.82, 2.24) is 0 Å². The molecule has 1 aliphatic carbocycles. The molecule has 0 saturated carbocycles. The molecule has 1 nitrogen and oxygen atoms in total. The highest BCUT2D eigenvalue weighted by molar-refractivity contribution is 9.09. The molecule has 0 aromatic carbocycles. The third-order valence-corrected chi connectivity index (χ3v) is 2.72. The van der Waals surface area contributed by atoms with Crippen molar-refractivity contribution in [3.8, 4) is 0 Å². The molecule has 0 spiro atoms. The Morgan fingerprint density at radius 3 is 3.00 bits per heavy atom. The van der Waals surface area contributed by atoms with Crippen LogP contribution in [0, 0.1) is 0 Å². The Labute approximate surface area is 86.5 Å². The zero-order valence-corrected chi connectivity index (χ0v) is 9.22. The fourth-order valence-electron chi connectivity index (χ4n) is 1.38. The Balaban J connectivity index is 2.68. The zero-order chi connectivity index (χ0) is 9.84. The Morgan fingerprint density at radius 2 is 2.46 bits per heavy atom. The van der Waals surface area contributed by atoms with E-state index < -0.39 is 6.10 Å². The van der Waals surface area contributed by atoms with Gasteiger partial charge in [-0.05, 0) is 6.42 Å². The van der Waals surface area contributed by atoms with E-state index in [1.807, 2.05) is 13.0 Å². The van der Waals surface area contributed by atoms with Gasteiger partial charge in [-0.2, -0.15) is 0 Å². The summed E-state index contributed by atoms with van der Waals surface area (Å²) in [5.41, 5.74) is 0.456. The van der Waals surface area contributed by atoms with E-state index in [9.17, 15) is 9.50 Å². The molecule has 0 amide bonds. The number of aliphatic hydroxyl groups excluding tert-OH is 1. The van der Waals surface area contributed by atoms with E-state index >= 15 is 0 Å². The van der Waals surface area contributed by atoms with Crippen LogP contribution >= 0.6 is 15.9 Å². The molecular weight excluding hydrogens is 235 g/mol. The van der Waals surface area contributed by atoms with Gasteiger partial charge >= 0.3 is 0 Å². The van der Waals surface area contributed by atoms with Gasteiger partial charge in [0.2, 0.25) is 0 Å². The van der Waals surface area contributed by atoms with Gasteiger partial charge in [-0.1, -0.05) is 41.4 Å². The van der Waals surface area contributed by atoms with E-state index in [-0.39, 0.29) is 10.7 Å². The second kappa shape index (κ2) is 4.91. The molecule has 0 aromatic rings. The molecular formula is C10H14BrFO. The lowest BCUT2D eigenvalue weighted by molar-refractivity contribution is 0.198. The van der Waals surface area contributed by atoms with Crippen LogP contribution in [0.25, 0.3) is 0 Å². The van der Waals surface area contributed by atoms with E-state index in [0.29, 0.717) is 18.4 Å². The summed E-state index contributed by atoms with van der Waals surface area (Å²) in [6.45, 7) is 1.97. The Kier molecular flexibility index (Phi) is 4.13. The first-order valence-electron chi connectivity index (χ1n) is 4.54. The van der Waals surface area contributed by atoms with E-state index in [2.05, 4.69) is 15.9 Å². The minimum Gasteiger partial charge on any atom is -0.388 e. The second-order valence-corrected chi connectivity index (χ2v) is 4.42. The lowest BCUT2D eigenvalue weighted by Crippen LogP contribution is -2.14. The standard InChI is InChI=1S/C10H14BrFO/c1-2-3-10(13)8-5-4-7(11)6-9(8)12/h4-5,7,10,13H,2-3,6H2,1H3. The number of hydrogen-bond acceptors (Lipinski definition) is 1. The summed E-state index contributed by atoms with van der Waals surface area (Å²) in [6.07, 6.45) is 4.76. The minimum absolute atomic E-state index is 0.0741. The first kappa shape index (κ1) is 10.9. The summed E-state index contributed by atoms with van der Waals surface area (Å²) in [5.74, 6) is -0.190. The summed E-state index contributed by atoms with van der Waals surface area (Å²) in [7, 11) is 0. The molecule has 2 unspecified atom stereocenters. The summed E-state index contributed by atoms with van der Waals surface area (Å²) in [5, 5.41) is 9.57. The van der Waals surface area contributed by atoms with Crippen molar-refractivity contribution >= 4 is 15.9 Å². The predicted octanol–water partition coefficient (Wildman–Crippen LogP) is 3.09. The maximum Gasteiger partial charge on any atom is 0.107 e. The summed E-state index contributed by atoms with van der Waals surface area (Å²) in [4.78, 5) is 0.0741. The van der Waals surface area contributed by atoms with E-state index in [1.54, 1.807) is 6.08 Å². The maximum absolute atomic E-state index is 13.3. The normalized spacial score (nSPS) is 25.1. The van der Waals surface area contributed by atoms with Gasteiger partial charge in [0.25, 0.3) is 0 Å². The topological polar surface area (TPSA) is 20.2 Å². The first-order chi connectivity index (χ1) is 6.15. The summed E-state index contributed by atoms with van der Waals surface area (Å²) < 4.78 is 13.3. The number of hydrogen-bond donors (Lipinski definition) is 1. The van der Waals surface area contributed by atoms with Crippen molar-refractivity contribution in [3.63, 3.8) is 0 Å². The predicted molar refractivity (Wildman–Crippen MR) is 55.5 cm³/mol. The number of alkyl halides is 1. The van der Waals surface area contributed by atoms with Gasteiger partial charge in [-0.3, -0.25) is 0 Å². The average Bonchev–Trinajstić information content (AvgIpc) is 2.04. The molecule has 0 saturated heterocycles. The Hall–Kier alpha value is -0.150. The average molecular weight is 249 g/mol. The minimum atomic E-state index is -0.638. The van der Waals surface area contributed by atoms with Crippen LogP contribution in [0.1, 0.15) is 26.2 Å². The molecule has 74 valence electrons. The van der Waals surface area contributed by atoms with Crippen LogP contribution in [0.2, 0.25) is 0 Å². The second-order valence-electron chi connectivity index (χ2n) is 3.24. The van der Waals surface area contributed by atoms with Crippen LogP contribution in [0.4, 0.5) is 4.39 Å². The molecule has 0 bridgehead atoms. The monoisotopic (exact) mass is 248 g/mol.